The third kappa shape index (κ3) is 1.83. The average Bonchev–Trinajstić information content (AvgIpc) is 3.01. The van der Waals surface area contributed by atoms with Gasteiger partial charge in [0.05, 0.1) is 16.8 Å². The number of nitrogens with two attached hydrogens (primary N) is 1. The molecule has 1 aromatic carbocycles. The van der Waals surface area contributed by atoms with Crippen molar-refractivity contribution in [1.29, 1.82) is 0 Å². The summed E-state index contributed by atoms with van der Waals surface area (Å²) < 4.78 is 15.6. The fourth-order valence-corrected chi connectivity index (χ4v) is 2.27. The van der Waals surface area contributed by atoms with Crippen molar-refractivity contribution in [2.45, 2.75) is 0 Å². The average molecular weight is 293 g/mol. The second-order valence-electron chi connectivity index (χ2n) is 4.18. The highest BCUT2D eigenvalue weighted by Crippen LogP contribution is 2.39. The maximum Gasteiger partial charge on any atom is 0.133 e. The highest BCUT2D eigenvalue weighted by atomic mass is 35.5. The topological polar surface area (TPSA) is 85.4 Å². The number of H-pyrrole nitrogens is 1. The summed E-state index contributed by atoms with van der Waals surface area (Å²) in [6.07, 6.45) is 1.49. The lowest BCUT2D eigenvalue weighted by Crippen LogP contribution is -1.98. The van der Waals surface area contributed by atoms with Crippen molar-refractivity contribution in [2.75, 3.05) is 5.73 Å². The number of hydrogen-bond donors (Lipinski definition) is 2. The van der Waals surface area contributed by atoms with E-state index in [-0.39, 0.29) is 10.6 Å². The number of aromatic nitrogens is 5. The second kappa shape index (κ2) is 4.61. The van der Waals surface area contributed by atoms with Crippen molar-refractivity contribution in [3.05, 3.63) is 35.2 Å². The lowest BCUT2D eigenvalue weighted by Gasteiger charge is -2.06. The SMILES string of the molecule is Cn1nc(-c2cn[nH]n2)c(-c2c(F)cccc2Cl)c1N. The molecule has 3 rings (SSSR count). The molecule has 0 aliphatic carbocycles. The standard InChI is InChI=1S/C12H10ClFN6/c1-20-12(15)10(9-6(13)3-2-4-7(9)14)11(18-20)8-5-16-19-17-8/h2-5H,15H2,1H3,(H,16,17,19). The summed E-state index contributed by atoms with van der Waals surface area (Å²) in [6.45, 7) is 0. The third-order valence-corrected chi connectivity index (χ3v) is 3.28. The first-order valence-electron chi connectivity index (χ1n) is 5.72. The summed E-state index contributed by atoms with van der Waals surface area (Å²) in [5.41, 5.74) is 7.50. The minimum absolute atomic E-state index is 0.206. The maximum atomic E-state index is 14.1. The van der Waals surface area contributed by atoms with Crippen LogP contribution in [-0.2, 0) is 7.05 Å². The number of anilines is 1. The highest BCUT2D eigenvalue weighted by molar-refractivity contribution is 6.33. The van der Waals surface area contributed by atoms with E-state index in [0.29, 0.717) is 22.8 Å². The van der Waals surface area contributed by atoms with Crippen LogP contribution in [0.3, 0.4) is 0 Å². The molecule has 8 heteroatoms. The first kappa shape index (κ1) is 12.6. The van der Waals surface area contributed by atoms with Crippen LogP contribution in [0.25, 0.3) is 22.5 Å². The molecule has 2 aromatic heterocycles. The third-order valence-electron chi connectivity index (χ3n) is 2.96. The quantitative estimate of drug-likeness (QED) is 0.758. The van der Waals surface area contributed by atoms with E-state index in [4.69, 9.17) is 17.3 Å². The number of hydrogen-bond acceptors (Lipinski definition) is 4. The Kier molecular flexibility index (Phi) is 2.90. The van der Waals surface area contributed by atoms with Gasteiger partial charge in [0, 0.05) is 12.6 Å². The Morgan fingerprint density at radius 2 is 2.15 bits per heavy atom. The highest BCUT2D eigenvalue weighted by Gasteiger charge is 2.23. The Balaban J connectivity index is 2.34. The van der Waals surface area contributed by atoms with E-state index in [1.165, 1.54) is 23.0 Å². The van der Waals surface area contributed by atoms with Gasteiger partial charge in [-0.2, -0.15) is 20.5 Å². The summed E-state index contributed by atoms with van der Waals surface area (Å²) in [7, 11) is 1.66. The number of halogens is 2. The normalized spacial score (nSPS) is 10.9. The Labute approximate surface area is 118 Å². The molecule has 3 aromatic rings. The van der Waals surface area contributed by atoms with Gasteiger partial charge in [0.1, 0.15) is 23.0 Å². The summed E-state index contributed by atoms with van der Waals surface area (Å²) in [6, 6.07) is 4.45. The van der Waals surface area contributed by atoms with Crippen LogP contribution in [0, 0.1) is 5.82 Å². The Bertz CT molecular complexity index is 744. The largest absolute Gasteiger partial charge is 0.383 e. The molecule has 0 atom stereocenters. The van der Waals surface area contributed by atoms with E-state index >= 15 is 0 Å². The van der Waals surface area contributed by atoms with E-state index in [9.17, 15) is 4.39 Å². The van der Waals surface area contributed by atoms with Gasteiger partial charge in [-0.05, 0) is 12.1 Å². The number of aryl methyl sites for hydroxylation is 1. The van der Waals surface area contributed by atoms with Crippen molar-refractivity contribution in [3.63, 3.8) is 0 Å². The molecule has 0 unspecified atom stereocenters. The zero-order valence-corrected chi connectivity index (χ0v) is 11.2. The monoisotopic (exact) mass is 292 g/mol. The minimum atomic E-state index is -0.470. The molecule has 0 spiro atoms. The van der Waals surface area contributed by atoms with E-state index in [2.05, 4.69) is 20.5 Å². The summed E-state index contributed by atoms with van der Waals surface area (Å²) >= 11 is 6.10. The number of nitrogens with one attached hydrogen (secondary N) is 1. The number of benzene rings is 1. The van der Waals surface area contributed by atoms with Gasteiger partial charge in [-0.3, -0.25) is 4.68 Å². The van der Waals surface area contributed by atoms with Gasteiger partial charge in [0.2, 0.25) is 0 Å². The Morgan fingerprint density at radius 1 is 1.35 bits per heavy atom. The molecule has 0 aliphatic heterocycles. The first-order valence-corrected chi connectivity index (χ1v) is 6.10. The molecular weight excluding hydrogens is 283 g/mol. The molecular formula is C12H10ClFN6. The van der Waals surface area contributed by atoms with Gasteiger partial charge in [-0.15, -0.1) is 0 Å². The summed E-state index contributed by atoms with van der Waals surface area (Å²) in [5.74, 6) is -0.169. The molecule has 20 heavy (non-hydrogen) atoms. The number of aromatic amines is 1. The van der Waals surface area contributed by atoms with Gasteiger partial charge >= 0.3 is 0 Å². The Morgan fingerprint density at radius 3 is 2.80 bits per heavy atom. The predicted octanol–water partition coefficient (Wildman–Crippen LogP) is 2.25. The van der Waals surface area contributed by atoms with Crippen LogP contribution in [0.1, 0.15) is 0 Å². The van der Waals surface area contributed by atoms with Crippen LogP contribution in [0.2, 0.25) is 5.02 Å². The molecule has 0 amide bonds. The second-order valence-corrected chi connectivity index (χ2v) is 4.59. The summed E-state index contributed by atoms with van der Waals surface area (Å²) in [5, 5.41) is 14.7. The fourth-order valence-electron chi connectivity index (χ4n) is 2.02. The zero-order valence-electron chi connectivity index (χ0n) is 10.4. The molecule has 102 valence electrons. The van der Waals surface area contributed by atoms with Crippen LogP contribution in [-0.4, -0.2) is 25.2 Å². The van der Waals surface area contributed by atoms with E-state index < -0.39 is 5.82 Å². The maximum absolute atomic E-state index is 14.1. The van der Waals surface area contributed by atoms with Crippen LogP contribution in [0.15, 0.2) is 24.4 Å². The van der Waals surface area contributed by atoms with Crippen LogP contribution in [0.5, 0.6) is 0 Å². The van der Waals surface area contributed by atoms with E-state index in [1.807, 2.05) is 0 Å². The molecule has 0 saturated carbocycles. The Hall–Kier alpha value is -2.41. The van der Waals surface area contributed by atoms with Crippen molar-refractivity contribution < 1.29 is 4.39 Å². The molecule has 0 saturated heterocycles. The van der Waals surface area contributed by atoms with Crippen molar-refractivity contribution >= 4 is 17.4 Å². The number of rotatable bonds is 2. The molecule has 0 aliphatic rings. The van der Waals surface area contributed by atoms with E-state index in [1.54, 1.807) is 13.1 Å². The van der Waals surface area contributed by atoms with Crippen molar-refractivity contribution in [2.24, 2.45) is 7.05 Å². The predicted molar refractivity (Wildman–Crippen MR) is 73.4 cm³/mol. The zero-order chi connectivity index (χ0) is 14.3. The first-order chi connectivity index (χ1) is 9.59. The number of nitrogens with zero attached hydrogens (tertiary/aromatic N) is 4. The van der Waals surface area contributed by atoms with Crippen molar-refractivity contribution in [3.8, 4) is 22.5 Å². The minimum Gasteiger partial charge on any atom is -0.383 e. The lowest BCUT2D eigenvalue weighted by atomic mass is 10.0. The summed E-state index contributed by atoms with van der Waals surface area (Å²) in [4.78, 5) is 0. The molecule has 2 heterocycles. The molecule has 0 bridgehead atoms. The number of nitrogen functional groups attached to an aromatic ring is 1. The van der Waals surface area contributed by atoms with E-state index in [0.717, 1.165) is 0 Å². The fraction of sp³-hybridized carbons (Fsp3) is 0.0833. The van der Waals surface area contributed by atoms with Gasteiger partial charge < -0.3 is 5.73 Å². The smallest absolute Gasteiger partial charge is 0.133 e. The van der Waals surface area contributed by atoms with Gasteiger partial charge in [-0.25, -0.2) is 4.39 Å². The lowest BCUT2D eigenvalue weighted by molar-refractivity contribution is 0.631. The molecule has 0 fully saturated rings. The van der Waals surface area contributed by atoms with Crippen LogP contribution in [0.4, 0.5) is 10.2 Å². The van der Waals surface area contributed by atoms with Gasteiger partial charge in [-0.1, -0.05) is 17.7 Å². The van der Waals surface area contributed by atoms with Gasteiger partial charge in [0.15, 0.2) is 0 Å². The van der Waals surface area contributed by atoms with Gasteiger partial charge in [0.25, 0.3) is 0 Å². The molecule has 6 nitrogen and oxygen atoms in total. The van der Waals surface area contributed by atoms with Crippen LogP contribution >= 0.6 is 11.6 Å². The van der Waals surface area contributed by atoms with Crippen molar-refractivity contribution in [1.82, 2.24) is 25.2 Å². The molecule has 3 N–H and O–H groups in total. The molecule has 0 radical (unpaired) electrons. The van der Waals surface area contributed by atoms with Crippen LogP contribution < -0.4 is 5.73 Å².